The first-order valence-electron chi connectivity index (χ1n) is 11.9. The van der Waals surface area contributed by atoms with Gasteiger partial charge in [-0.05, 0) is 73.1 Å². The monoisotopic (exact) mass is 459 g/mol. The Morgan fingerprint density at radius 1 is 1.29 bits per heavy atom. The summed E-state index contributed by atoms with van der Waals surface area (Å²) >= 11 is 0. The number of hydrogen-bond acceptors (Lipinski definition) is 4. The summed E-state index contributed by atoms with van der Waals surface area (Å²) in [6.07, 6.45) is 19.9. The third-order valence-corrected chi connectivity index (χ3v) is 6.23. The fourth-order valence-electron chi connectivity index (χ4n) is 4.31. The lowest BCUT2D eigenvalue weighted by Gasteiger charge is -2.14. The van der Waals surface area contributed by atoms with Crippen LogP contribution < -0.4 is 15.5 Å². The molecule has 4 rings (SSSR count). The third-order valence-electron chi connectivity index (χ3n) is 6.23. The first-order chi connectivity index (χ1) is 16.6. The number of H-pyrrole nitrogens is 1. The van der Waals surface area contributed by atoms with Crippen LogP contribution in [-0.4, -0.2) is 35.8 Å². The number of allylic oxidation sites excluding steroid dienone is 6. The van der Waals surface area contributed by atoms with E-state index in [1.54, 1.807) is 11.6 Å². The fraction of sp³-hybridized carbons (Fsp3) is 0.321. The Bertz CT molecular complexity index is 1170. The molecule has 2 aliphatic carbocycles. The van der Waals surface area contributed by atoms with Gasteiger partial charge in [0.25, 0.3) is 5.91 Å². The molecule has 1 atom stereocenters. The van der Waals surface area contributed by atoms with E-state index in [9.17, 15) is 4.79 Å². The minimum Gasteiger partial charge on any atom is -0.489 e. The van der Waals surface area contributed by atoms with Gasteiger partial charge in [-0.25, -0.2) is 5.48 Å². The van der Waals surface area contributed by atoms with Crippen molar-refractivity contribution in [1.29, 1.82) is 0 Å². The van der Waals surface area contributed by atoms with Crippen molar-refractivity contribution in [2.75, 3.05) is 19.7 Å². The van der Waals surface area contributed by atoms with Crippen molar-refractivity contribution < 1.29 is 14.7 Å². The first-order valence-corrected chi connectivity index (χ1v) is 11.9. The van der Waals surface area contributed by atoms with Crippen molar-refractivity contribution in [3.05, 3.63) is 89.2 Å². The van der Waals surface area contributed by atoms with Gasteiger partial charge in [0, 0.05) is 29.7 Å². The van der Waals surface area contributed by atoms with E-state index in [4.69, 9.17) is 9.94 Å². The molecule has 0 saturated heterocycles. The molecular formula is C28H33N3O3. The molecule has 0 spiro atoms. The van der Waals surface area contributed by atoms with E-state index >= 15 is 0 Å². The summed E-state index contributed by atoms with van der Waals surface area (Å²) in [4.78, 5) is 14.5. The van der Waals surface area contributed by atoms with Crippen molar-refractivity contribution in [3.63, 3.8) is 0 Å². The van der Waals surface area contributed by atoms with Crippen LogP contribution in [0.15, 0.2) is 83.6 Å². The van der Waals surface area contributed by atoms with Gasteiger partial charge in [-0.1, -0.05) is 49.0 Å². The highest BCUT2D eigenvalue weighted by Crippen LogP contribution is 2.25. The van der Waals surface area contributed by atoms with Gasteiger partial charge >= 0.3 is 0 Å². The summed E-state index contributed by atoms with van der Waals surface area (Å²) in [7, 11) is 0. The van der Waals surface area contributed by atoms with Crippen LogP contribution in [-0.2, 0) is 11.2 Å². The lowest BCUT2D eigenvalue weighted by molar-refractivity contribution is -0.124. The van der Waals surface area contributed by atoms with Gasteiger partial charge in [0.15, 0.2) is 0 Å². The normalized spacial score (nSPS) is 18.1. The Balaban J connectivity index is 1.27. The van der Waals surface area contributed by atoms with E-state index in [1.807, 2.05) is 12.1 Å². The maximum atomic E-state index is 11.1. The molecular weight excluding hydrogens is 426 g/mol. The van der Waals surface area contributed by atoms with Gasteiger partial charge in [-0.3, -0.25) is 10.0 Å². The molecule has 2 aliphatic rings. The number of hydrogen-bond donors (Lipinski definition) is 4. The fourth-order valence-corrected chi connectivity index (χ4v) is 4.31. The molecule has 2 aromatic rings. The minimum atomic E-state index is -0.512. The Labute approximate surface area is 200 Å². The second kappa shape index (κ2) is 11.7. The number of fused-ring (bicyclic) bond motifs is 1. The maximum absolute atomic E-state index is 11.1. The molecule has 0 fully saturated rings. The number of nitrogens with one attached hydrogen (secondary N) is 3. The predicted octanol–water partition coefficient (Wildman–Crippen LogP) is 4.91. The first kappa shape index (κ1) is 23.8. The molecule has 0 aliphatic heterocycles. The number of ether oxygens (including phenoxy) is 1. The zero-order valence-electron chi connectivity index (χ0n) is 19.6. The second-order valence-corrected chi connectivity index (χ2v) is 8.97. The van der Waals surface area contributed by atoms with Crippen molar-refractivity contribution in [2.45, 2.75) is 32.6 Å². The topological polar surface area (TPSA) is 86.4 Å². The number of hydroxylamine groups is 1. The van der Waals surface area contributed by atoms with Gasteiger partial charge in [-0.15, -0.1) is 0 Å². The molecule has 6 nitrogen and oxygen atoms in total. The van der Waals surface area contributed by atoms with Crippen molar-refractivity contribution in [3.8, 4) is 5.75 Å². The second-order valence-electron chi connectivity index (χ2n) is 8.97. The standard InChI is InChI=1S/C28H33N3O3/c1-20-3-2-4-23(15-20)19-34-25-10-11-27-26(16-25)24(18-30-27)13-14-29-17-22-7-5-21(6-8-22)9-12-28(32)31-33/h2,4-5,7,9-12,15-16,18,20,29-30,33H,3,6,8,13-14,17,19H2,1H3,(H,31,32)/b12-9+. The number of rotatable bonds is 10. The van der Waals surface area contributed by atoms with Crippen molar-refractivity contribution in [1.82, 2.24) is 15.8 Å². The van der Waals surface area contributed by atoms with Crippen LogP contribution in [0, 0.1) is 5.92 Å². The average molecular weight is 460 g/mol. The average Bonchev–Trinajstić information content (AvgIpc) is 3.27. The Kier molecular flexibility index (Phi) is 8.17. The van der Waals surface area contributed by atoms with E-state index in [0.29, 0.717) is 12.5 Å². The number of amides is 1. The molecule has 1 heterocycles. The summed E-state index contributed by atoms with van der Waals surface area (Å²) in [6, 6.07) is 6.25. The van der Waals surface area contributed by atoms with Crippen LogP contribution in [0.1, 0.15) is 31.7 Å². The zero-order valence-corrected chi connectivity index (χ0v) is 19.6. The van der Waals surface area contributed by atoms with Crippen LogP contribution in [0.5, 0.6) is 5.75 Å². The molecule has 178 valence electrons. The highest BCUT2D eigenvalue weighted by atomic mass is 16.5. The quantitative estimate of drug-likeness (QED) is 0.176. The summed E-state index contributed by atoms with van der Waals surface area (Å²) in [6.45, 7) is 4.57. The van der Waals surface area contributed by atoms with Crippen molar-refractivity contribution in [2.24, 2.45) is 5.92 Å². The van der Waals surface area contributed by atoms with Crippen LogP contribution in [0.25, 0.3) is 10.9 Å². The highest BCUT2D eigenvalue weighted by Gasteiger charge is 2.09. The highest BCUT2D eigenvalue weighted by molar-refractivity contribution is 5.87. The summed E-state index contributed by atoms with van der Waals surface area (Å²) in [5.41, 5.74) is 7.68. The SMILES string of the molecule is CC1C=C(COc2ccc3[nH]cc(CCNCC4=CC=C(/C=C/C(=O)NO)CC4)c3c2)C=CC1. The minimum absolute atomic E-state index is 0.512. The lowest BCUT2D eigenvalue weighted by Crippen LogP contribution is -2.20. The van der Waals surface area contributed by atoms with Crippen molar-refractivity contribution >= 4 is 16.8 Å². The summed E-state index contributed by atoms with van der Waals surface area (Å²) in [5, 5.41) is 13.3. The van der Waals surface area contributed by atoms with E-state index in [2.05, 4.69) is 59.9 Å². The molecule has 0 radical (unpaired) electrons. The molecule has 6 heteroatoms. The van der Waals surface area contributed by atoms with E-state index in [0.717, 1.165) is 55.6 Å². The van der Waals surface area contributed by atoms with Gasteiger partial charge in [0.05, 0.1) is 0 Å². The Hall–Kier alpha value is -3.35. The van der Waals surface area contributed by atoms with Crippen LogP contribution in [0.3, 0.4) is 0 Å². The summed E-state index contributed by atoms with van der Waals surface area (Å²) < 4.78 is 6.08. The molecule has 1 unspecified atom stereocenters. The number of carbonyl (C=O) groups is 1. The maximum Gasteiger partial charge on any atom is 0.267 e. The van der Waals surface area contributed by atoms with Crippen LogP contribution in [0.4, 0.5) is 0 Å². The number of carbonyl (C=O) groups excluding carboxylic acids is 1. The molecule has 1 amide bonds. The Morgan fingerprint density at radius 3 is 3.00 bits per heavy atom. The molecule has 0 bridgehead atoms. The third kappa shape index (κ3) is 6.59. The lowest BCUT2D eigenvalue weighted by atomic mass is 9.98. The zero-order chi connectivity index (χ0) is 23.8. The van der Waals surface area contributed by atoms with Gasteiger partial charge < -0.3 is 15.0 Å². The largest absolute Gasteiger partial charge is 0.489 e. The molecule has 1 aromatic heterocycles. The van der Waals surface area contributed by atoms with E-state index in [1.165, 1.54) is 28.2 Å². The van der Waals surface area contributed by atoms with Gasteiger partial charge in [-0.2, -0.15) is 0 Å². The van der Waals surface area contributed by atoms with Gasteiger partial charge in [0.1, 0.15) is 12.4 Å². The summed E-state index contributed by atoms with van der Waals surface area (Å²) in [5.74, 6) is 0.963. The number of aromatic nitrogens is 1. The molecule has 34 heavy (non-hydrogen) atoms. The van der Waals surface area contributed by atoms with Crippen LogP contribution in [0.2, 0.25) is 0 Å². The van der Waals surface area contributed by atoms with Gasteiger partial charge in [0.2, 0.25) is 0 Å². The van der Waals surface area contributed by atoms with E-state index in [-0.39, 0.29) is 0 Å². The molecule has 0 saturated carbocycles. The smallest absolute Gasteiger partial charge is 0.267 e. The predicted molar refractivity (Wildman–Crippen MR) is 136 cm³/mol. The molecule has 1 aromatic carbocycles. The number of benzene rings is 1. The Morgan fingerprint density at radius 2 is 2.21 bits per heavy atom. The molecule has 4 N–H and O–H groups in total. The van der Waals surface area contributed by atoms with E-state index < -0.39 is 5.91 Å². The van der Waals surface area contributed by atoms with Crippen LogP contribution >= 0.6 is 0 Å². The number of aromatic amines is 1.